The van der Waals surface area contributed by atoms with Crippen LogP contribution in [0.3, 0.4) is 0 Å². The van der Waals surface area contributed by atoms with Crippen LogP contribution in [0.4, 0.5) is 4.39 Å². The summed E-state index contributed by atoms with van der Waals surface area (Å²) in [6, 6.07) is 5.09. The van der Waals surface area contributed by atoms with Gasteiger partial charge in [0.25, 0.3) is 0 Å². The maximum Gasteiger partial charge on any atom is 0.141 e. The first-order valence-corrected chi connectivity index (χ1v) is 6.95. The largest absolute Gasteiger partial charge is 0.308 e. The fourth-order valence-corrected chi connectivity index (χ4v) is 2.41. The first kappa shape index (κ1) is 13.5. The number of aromatic nitrogens is 1. The van der Waals surface area contributed by atoms with Crippen LogP contribution < -0.4 is 5.32 Å². The van der Waals surface area contributed by atoms with E-state index in [1.807, 2.05) is 5.38 Å². The third kappa shape index (κ3) is 3.28. The van der Waals surface area contributed by atoms with Gasteiger partial charge < -0.3 is 5.32 Å². The Hall–Kier alpha value is -0.970. The fraction of sp³-hybridized carbons (Fsp3) is 0.308. The molecule has 0 aliphatic carbocycles. The van der Waals surface area contributed by atoms with Gasteiger partial charge in [-0.15, -0.1) is 11.3 Å². The van der Waals surface area contributed by atoms with E-state index in [1.54, 1.807) is 23.5 Å². The van der Waals surface area contributed by atoms with E-state index in [1.165, 1.54) is 6.07 Å². The Balaban J connectivity index is 2.16. The molecule has 1 aromatic carbocycles. The molecule has 5 heteroatoms. The second-order valence-electron chi connectivity index (χ2n) is 4.29. The molecule has 1 aromatic heterocycles. The van der Waals surface area contributed by atoms with Gasteiger partial charge in [-0.05, 0) is 18.2 Å². The molecular formula is C13H14ClFN2S. The Bertz CT molecular complexity index is 540. The van der Waals surface area contributed by atoms with Gasteiger partial charge in [0.15, 0.2) is 0 Å². The zero-order valence-electron chi connectivity index (χ0n) is 10.2. The van der Waals surface area contributed by atoms with Crippen LogP contribution in [0.1, 0.15) is 18.9 Å². The van der Waals surface area contributed by atoms with Crippen molar-refractivity contribution >= 4 is 22.9 Å². The highest BCUT2D eigenvalue weighted by Gasteiger charge is 2.07. The molecule has 1 heterocycles. The molecule has 0 saturated carbocycles. The average molecular weight is 285 g/mol. The predicted octanol–water partition coefficient (Wildman–Crippen LogP) is 4.10. The van der Waals surface area contributed by atoms with Crippen LogP contribution in [0.25, 0.3) is 11.3 Å². The van der Waals surface area contributed by atoms with Crippen molar-refractivity contribution in [3.63, 3.8) is 0 Å². The number of halogens is 2. The van der Waals surface area contributed by atoms with E-state index in [4.69, 9.17) is 11.6 Å². The monoisotopic (exact) mass is 284 g/mol. The molecule has 1 N–H and O–H groups in total. The SMILES string of the molecule is CC(C)NCc1nc(-c2ccc(F)c(Cl)c2)cs1. The predicted molar refractivity (Wildman–Crippen MR) is 74.5 cm³/mol. The fourth-order valence-electron chi connectivity index (χ4n) is 1.47. The summed E-state index contributed by atoms with van der Waals surface area (Å²) in [4.78, 5) is 4.50. The summed E-state index contributed by atoms with van der Waals surface area (Å²) in [5, 5.41) is 6.41. The average Bonchev–Trinajstić information content (AvgIpc) is 2.79. The maximum absolute atomic E-state index is 13.1. The van der Waals surface area contributed by atoms with E-state index in [0.717, 1.165) is 22.8 Å². The molecule has 0 amide bonds. The molecule has 0 fully saturated rings. The van der Waals surface area contributed by atoms with Gasteiger partial charge in [0.05, 0.1) is 10.7 Å². The quantitative estimate of drug-likeness (QED) is 0.914. The van der Waals surface area contributed by atoms with Gasteiger partial charge >= 0.3 is 0 Å². The Labute approximate surface area is 115 Å². The van der Waals surface area contributed by atoms with Gasteiger partial charge in [-0.2, -0.15) is 0 Å². The molecular weight excluding hydrogens is 271 g/mol. The van der Waals surface area contributed by atoms with Crippen molar-refractivity contribution in [1.82, 2.24) is 10.3 Å². The Kier molecular flexibility index (Phi) is 4.32. The van der Waals surface area contributed by atoms with Crippen LogP contribution in [-0.4, -0.2) is 11.0 Å². The second-order valence-corrected chi connectivity index (χ2v) is 5.64. The molecule has 0 saturated heterocycles. The van der Waals surface area contributed by atoms with Crippen LogP contribution in [0.5, 0.6) is 0 Å². The molecule has 0 aliphatic heterocycles. The molecule has 0 unspecified atom stereocenters. The summed E-state index contributed by atoms with van der Waals surface area (Å²) in [7, 11) is 0. The zero-order valence-corrected chi connectivity index (χ0v) is 11.8. The highest BCUT2D eigenvalue weighted by molar-refractivity contribution is 7.09. The van der Waals surface area contributed by atoms with Crippen molar-refractivity contribution in [2.24, 2.45) is 0 Å². The molecule has 2 aromatic rings. The topological polar surface area (TPSA) is 24.9 Å². The van der Waals surface area contributed by atoms with E-state index in [0.29, 0.717) is 6.04 Å². The smallest absolute Gasteiger partial charge is 0.141 e. The van der Waals surface area contributed by atoms with Crippen molar-refractivity contribution in [3.8, 4) is 11.3 Å². The number of nitrogens with zero attached hydrogens (tertiary/aromatic N) is 1. The number of nitrogens with one attached hydrogen (secondary N) is 1. The highest BCUT2D eigenvalue weighted by Crippen LogP contribution is 2.26. The molecule has 2 nitrogen and oxygen atoms in total. The standard InChI is InChI=1S/C13H14ClFN2S/c1-8(2)16-6-13-17-12(7-18-13)9-3-4-11(15)10(14)5-9/h3-5,7-8,16H,6H2,1-2H3. The van der Waals surface area contributed by atoms with Crippen LogP contribution >= 0.6 is 22.9 Å². The minimum atomic E-state index is -0.405. The van der Waals surface area contributed by atoms with Crippen molar-refractivity contribution in [1.29, 1.82) is 0 Å². The van der Waals surface area contributed by atoms with E-state index in [2.05, 4.69) is 24.1 Å². The lowest BCUT2D eigenvalue weighted by Gasteiger charge is -2.04. The number of benzene rings is 1. The van der Waals surface area contributed by atoms with Crippen molar-refractivity contribution in [3.05, 3.63) is 39.4 Å². The van der Waals surface area contributed by atoms with E-state index >= 15 is 0 Å². The summed E-state index contributed by atoms with van der Waals surface area (Å²) in [6.07, 6.45) is 0. The summed E-state index contributed by atoms with van der Waals surface area (Å²) >= 11 is 7.35. The lowest BCUT2D eigenvalue weighted by atomic mass is 10.2. The lowest BCUT2D eigenvalue weighted by Crippen LogP contribution is -2.21. The van der Waals surface area contributed by atoms with Crippen LogP contribution in [-0.2, 0) is 6.54 Å². The zero-order chi connectivity index (χ0) is 13.1. The Morgan fingerprint density at radius 1 is 1.44 bits per heavy atom. The molecule has 18 heavy (non-hydrogen) atoms. The summed E-state index contributed by atoms with van der Waals surface area (Å²) < 4.78 is 13.1. The molecule has 96 valence electrons. The molecule has 0 radical (unpaired) electrons. The molecule has 0 aliphatic rings. The number of rotatable bonds is 4. The van der Waals surface area contributed by atoms with Crippen molar-refractivity contribution < 1.29 is 4.39 Å². The normalized spacial score (nSPS) is 11.2. The molecule has 0 spiro atoms. The lowest BCUT2D eigenvalue weighted by molar-refractivity contribution is 0.587. The van der Waals surface area contributed by atoms with E-state index in [9.17, 15) is 4.39 Å². The summed E-state index contributed by atoms with van der Waals surface area (Å²) in [5.74, 6) is -0.405. The van der Waals surface area contributed by atoms with Crippen molar-refractivity contribution in [2.45, 2.75) is 26.4 Å². The van der Waals surface area contributed by atoms with Gasteiger partial charge in [-0.25, -0.2) is 9.37 Å². The summed E-state index contributed by atoms with van der Waals surface area (Å²) in [5.41, 5.74) is 1.68. The van der Waals surface area contributed by atoms with Crippen LogP contribution in [0.15, 0.2) is 23.6 Å². The Morgan fingerprint density at radius 3 is 2.89 bits per heavy atom. The first-order valence-electron chi connectivity index (χ1n) is 5.69. The maximum atomic E-state index is 13.1. The molecule has 2 rings (SSSR count). The Morgan fingerprint density at radius 2 is 2.22 bits per heavy atom. The van der Waals surface area contributed by atoms with E-state index in [-0.39, 0.29) is 5.02 Å². The van der Waals surface area contributed by atoms with Gasteiger partial charge in [0.1, 0.15) is 10.8 Å². The van der Waals surface area contributed by atoms with Crippen LogP contribution in [0, 0.1) is 5.82 Å². The minimum Gasteiger partial charge on any atom is -0.308 e. The third-order valence-corrected chi connectivity index (χ3v) is 3.57. The molecule has 0 bridgehead atoms. The first-order chi connectivity index (χ1) is 8.56. The van der Waals surface area contributed by atoms with Gasteiger partial charge in [0.2, 0.25) is 0 Å². The molecule has 0 atom stereocenters. The van der Waals surface area contributed by atoms with Gasteiger partial charge in [-0.3, -0.25) is 0 Å². The number of hydrogen-bond acceptors (Lipinski definition) is 3. The van der Waals surface area contributed by atoms with Crippen LogP contribution in [0.2, 0.25) is 5.02 Å². The highest BCUT2D eigenvalue weighted by atomic mass is 35.5. The third-order valence-electron chi connectivity index (χ3n) is 2.43. The number of hydrogen-bond donors (Lipinski definition) is 1. The number of thiazole rings is 1. The van der Waals surface area contributed by atoms with Gasteiger partial charge in [0, 0.05) is 23.5 Å². The van der Waals surface area contributed by atoms with Crippen molar-refractivity contribution in [2.75, 3.05) is 0 Å². The minimum absolute atomic E-state index is 0.127. The second kappa shape index (κ2) is 5.78. The van der Waals surface area contributed by atoms with Gasteiger partial charge in [-0.1, -0.05) is 25.4 Å². The van der Waals surface area contributed by atoms with E-state index < -0.39 is 5.82 Å². The summed E-state index contributed by atoms with van der Waals surface area (Å²) in [6.45, 7) is 4.93.